The van der Waals surface area contributed by atoms with E-state index in [1.807, 2.05) is 30.3 Å². The number of benzene rings is 4. The van der Waals surface area contributed by atoms with E-state index in [0.717, 1.165) is 33.8 Å². The van der Waals surface area contributed by atoms with Crippen LogP contribution in [0.5, 0.6) is 0 Å². The summed E-state index contributed by atoms with van der Waals surface area (Å²) in [5.74, 6) is -0.288. The van der Waals surface area contributed by atoms with Gasteiger partial charge in [0, 0.05) is 40.5 Å². The lowest BCUT2D eigenvalue weighted by Crippen LogP contribution is -2.30. The molecule has 3 nitrogen and oxygen atoms in total. The molecule has 0 saturated carbocycles. The molecule has 3 atom stereocenters. The number of hydrogen-bond acceptors (Lipinski definition) is 3. The highest BCUT2D eigenvalue weighted by Gasteiger charge is 2.39. The zero-order valence-corrected chi connectivity index (χ0v) is 21.6. The highest BCUT2D eigenvalue weighted by atomic mass is 16.5. The van der Waals surface area contributed by atoms with E-state index in [-0.39, 0.29) is 17.9 Å². The molecule has 0 spiro atoms. The Morgan fingerprint density at radius 1 is 0.718 bits per heavy atom. The Bertz CT molecular complexity index is 1530. The van der Waals surface area contributed by atoms with Crippen molar-refractivity contribution >= 4 is 34.7 Å². The van der Waals surface area contributed by atoms with Crippen LogP contribution < -0.4 is 4.90 Å². The van der Waals surface area contributed by atoms with Crippen LogP contribution in [-0.2, 0) is 9.53 Å². The van der Waals surface area contributed by atoms with E-state index in [4.69, 9.17) is 4.74 Å². The number of allylic oxidation sites excluding steroid dienone is 4. The van der Waals surface area contributed by atoms with Gasteiger partial charge in [0.25, 0.3) is 0 Å². The van der Waals surface area contributed by atoms with Crippen molar-refractivity contribution in [1.82, 2.24) is 0 Å². The third-order valence-corrected chi connectivity index (χ3v) is 7.38. The van der Waals surface area contributed by atoms with Crippen molar-refractivity contribution in [3.05, 3.63) is 163 Å². The van der Waals surface area contributed by atoms with E-state index in [0.29, 0.717) is 0 Å². The summed E-state index contributed by atoms with van der Waals surface area (Å²) >= 11 is 0. The van der Waals surface area contributed by atoms with Gasteiger partial charge in [-0.3, -0.25) is 0 Å². The van der Waals surface area contributed by atoms with Gasteiger partial charge in [-0.2, -0.15) is 0 Å². The molecule has 0 N–H and O–H groups in total. The second-order valence-corrected chi connectivity index (χ2v) is 9.72. The molecule has 4 aromatic carbocycles. The Morgan fingerprint density at radius 3 is 1.97 bits per heavy atom. The fraction of sp³-hybridized carbons (Fsp3) is 0.0833. The number of ether oxygens (including phenoxy) is 1. The van der Waals surface area contributed by atoms with Gasteiger partial charge in [0.15, 0.2) is 0 Å². The second-order valence-electron chi connectivity index (χ2n) is 9.72. The summed E-state index contributed by atoms with van der Waals surface area (Å²) in [5, 5.41) is 0. The van der Waals surface area contributed by atoms with Crippen molar-refractivity contribution in [2.24, 2.45) is 11.8 Å². The molecule has 0 heterocycles. The molecule has 3 unspecified atom stereocenters. The standard InChI is InChI=1S/C36H29NO2/c1-2-35(38)39-36-32-19-11-9-17-30(32)34(31-18-10-12-20-33(31)36)25-26-21-23-29(24-22-26)37(27-13-5-3-6-14-27)28-15-7-4-8-16-28/h2-25,30,32,36H,1H2/b34-25+. The predicted octanol–water partition coefficient (Wildman–Crippen LogP) is 8.84. The molecule has 190 valence electrons. The van der Waals surface area contributed by atoms with Gasteiger partial charge < -0.3 is 9.64 Å². The molecule has 0 saturated heterocycles. The minimum atomic E-state index is -0.402. The summed E-state index contributed by atoms with van der Waals surface area (Å²) in [4.78, 5) is 14.5. The average Bonchev–Trinajstić information content (AvgIpc) is 3.00. The smallest absolute Gasteiger partial charge is 0.330 e. The quantitative estimate of drug-likeness (QED) is 0.193. The number of carbonyl (C=O) groups excluding carboxylic acids is 1. The maximum atomic E-state index is 12.2. The molecule has 4 aromatic rings. The Balaban J connectivity index is 1.39. The zero-order chi connectivity index (χ0) is 26.6. The van der Waals surface area contributed by atoms with Crippen LogP contribution in [0, 0.1) is 11.8 Å². The molecule has 0 aromatic heterocycles. The summed E-state index contributed by atoms with van der Waals surface area (Å²) in [6.45, 7) is 3.59. The number of nitrogens with zero attached hydrogens (tertiary/aromatic N) is 1. The van der Waals surface area contributed by atoms with E-state index in [2.05, 4.69) is 121 Å². The van der Waals surface area contributed by atoms with Crippen molar-refractivity contribution in [3.8, 4) is 0 Å². The average molecular weight is 508 g/mol. The normalized spacial score (nSPS) is 20.1. The van der Waals surface area contributed by atoms with E-state index in [1.165, 1.54) is 11.6 Å². The Hall–Kier alpha value is -4.89. The number of carbonyl (C=O) groups is 1. The van der Waals surface area contributed by atoms with E-state index in [1.54, 1.807) is 0 Å². The number of para-hydroxylation sites is 2. The molecule has 0 amide bonds. The van der Waals surface area contributed by atoms with Gasteiger partial charge in [-0.15, -0.1) is 0 Å². The molecule has 0 fully saturated rings. The second kappa shape index (κ2) is 10.8. The number of esters is 1. The fourth-order valence-corrected chi connectivity index (χ4v) is 5.61. The van der Waals surface area contributed by atoms with Crippen LogP contribution in [0.25, 0.3) is 11.6 Å². The summed E-state index contributed by atoms with van der Waals surface area (Å²) in [5.41, 5.74) is 7.78. The minimum Gasteiger partial charge on any atom is -0.454 e. The van der Waals surface area contributed by atoms with Gasteiger partial charge >= 0.3 is 5.97 Å². The van der Waals surface area contributed by atoms with Gasteiger partial charge in [0.05, 0.1) is 0 Å². The van der Waals surface area contributed by atoms with Crippen LogP contribution in [0.2, 0.25) is 0 Å². The fourth-order valence-electron chi connectivity index (χ4n) is 5.61. The molecule has 0 bridgehead atoms. The van der Waals surface area contributed by atoms with Crippen molar-refractivity contribution < 1.29 is 9.53 Å². The molecule has 0 radical (unpaired) electrons. The van der Waals surface area contributed by atoms with Crippen LogP contribution in [0.4, 0.5) is 17.1 Å². The first-order valence-corrected chi connectivity index (χ1v) is 13.2. The number of rotatable bonds is 6. The lowest BCUT2D eigenvalue weighted by atomic mass is 9.69. The van der Waals surface area contributed by atoms with Crippen LogP contribution >= 0.6 is 0 Å². The summed E-state index contributed by atoms with van der Waals surface area (Å²) in [7, 11) is 0. The first-order chi connectivity index (χ1) is 19.2. The van der Waals surface area contributed by atoms with Crippen molar-refractivity contribution in [3.63, 3.8) is 0 Å². The molecule has 6 rings (SSSR count). The van der Waals surface area contributed by atoms with E-state index < -0.39 is 5.97 Å². The summed E-state index contributed by atoms with van der Waals surface area (Å²) in [6, 6.07) is 37.7. The van der Waals surface area contributed by atoms with Gasteiger partial charge in [0.1, 0.15) is 6.10 Å². The SMILES string of the molecule is C=CC(=O)OC1c2ccccc2/C(=C/c2ccc(N(c3ccccc3)c3ccccc3)cc2)C2C=CC=CC21. The van der Waals surface area contributed by atoms with Crippen LogP contribution in [0.15, 0.2) is 146 Å². The number of fused-ring (bicyclic) bond motifs is 2. The molecule has 2 aliphatic rings. The van der Waals surface area contributed by atoms with Crippen LogP contribution in [0.3, 0.4) is 0 Å². The Morgan fingerprint density at radius 2 is 1.31 bits per heavy atom. The molecule has 39 heavy (non-hydrogen) atoms. The molecular formula is C36H29NO2. The third kappa shape index (κ3) is 4.87. The third-order valence-electron chi connectivity index (χ3n) is 7.38. The number of anilines is 3. The zero-order valence-electron chi connectivity index (χ0n) is 21.6. The molecular weight excluding hydrogens is 478 g/mol. The maximum Gasteiger partial charge on any atom is 0.330 e. The summed E-state index contributed by atoms with van der Waals surface area (Å²) in [6.07, 6.45) is 11.6. The van der Waals surface area contributed by atoms with Gasteiger partial charge in [-0.05, 0) is 53.1 Å². The van der Waals surface area contributed by atoms with Gasteiger partial charge in [-0.1, -0.05) is 110 Å². The lowest BCUT2D eigenvalue weighted by Gasteiger charge is -2.39. The summed E-state index contributed by atoms with van der Waals surface area (Å²) < 4.78 is 5.89. The topological polar surface area (TPSA) is 29.5 Å². The molecule has 3 heteroatoms. The van der Waals surface area contributed by atoms with E-state index in [9.17, 15) is 4.79 Å². The first kappa shape index (κ1) is 24.4. The minimum absolute atomic E-state index is 0.0194. The Labute approximate surface area is 229 Å². The predicted molar refractivity (Wildman–Crippen MR) is 160 cm³/mol. The lowest BCUT2D eigenvalue weighted by molar-refractivity contribution is -0.145. The highest BCUT2D eigenvalue weighted by molar-refractivity contribution is 5.88. The van der Waals surface area contributed by atoms with Crippen LogP contribution in [-0.4, -0.2) is 5.97 Å². The maximum absolute atomic E-state index is 12.2. The molecule has 2 aliphatic carbocycles. The number of hydrogen-bond donors (Lipinski definition) is 0. The monoisotopic (exact) mass is 507 g/mol. The van der Waals surface area contributed by atoms with Gasteiger partial charge in [0.2, 0.25) is 0 Å². The van der Waals surface area contributed by atoms with Crippen molar-refractivity contribution in [2.45, 2.75) is 6.10 Å². The molecule has 0 aliphatic heterocycles. The highest BCUT2D eigenvalue weighted by Crippen LogP contribution is 2.49. The van der Waals surface area contributed by atoms with Crippen LogP contribution in [0.1, 0.15) is 22.8 Å². The van der Waals surface area contributed by atoms with E-state index >= 15 is 0 Å². The largest absolute Gasteiger partial charge is 0.454 e. The first-order valence-electron chi connectivity index (χ1n) is 13.2. The van der Waals surface area contributed by atoms with Crippen molar-refractivity contribution in [2.75, 3.05) is 4.90 Å². The Kier molecular flexibility index (Phi) is 6.80. The van der Waals surface area contributed by atoms with Gasteiger partial charge in [-0.25, -0.2) is 4.79 Å². The van der Waals surface area contributed by atoms with Crippen molar-refractivity contribution in [1.29, 1.82) is 0 Å².